The first-order valence-electron chi connectivity index (χ1n) is 20.8. The average Bonchev–Trinajstić information content (AvgIpc) is 3.11. The molecule has 0 aromatic heterocycles. The number of ether oxygens (including phenoxy) is 1. The number of phosphoric ester groups is 1. The minimum atomic E-state index is -4.41. The second-order valence-electron chi connectivity index (χ2n) is 14.0. The lowest BCUT2D eigenvalue weighted by Crippen LogP contribution is -2.27. The lowest BCUT2D eigenvalue weighted by Gasteiger charge is -2.15. The van der Waals surface area contributed by atoms with Gasteiger partial charge in [0.2, 0.25) is 5.91 Å². The van der Waals surface area contributed by atoms with Crippen LogP contribution in [0.3, 0.4) is 0 Å². The Bertz CT molecular complexity index is 897. The van der Waals surface area contributed by atoms with Gasteiger partial charge in [-0.15, -0.1) is 0 Å². The number of phosphoric acid groups is 1. The Morgan fingerprint density at radius 3 is 1.59 bits per heavy atom. The van der Waals surface area contributed by atoms with E-state index < -0.39 is 26.5 Å². The Kier molecular flexibility index (Phi) is 37.1. The first-order valence-corrected chi connectivity index (χ1v) is 22.3. The standard InChI is InChI=1S/C41H78NO8P/c1-3-5-7-9-11-13-15-17-19-20-22-24-26-28-30-32-34-41(45)48-37-39(43)38-50-51(46,47)49-36-35-42-40(44)33-31-29-27-25-23-21-18-16-14-12-10-8-6-4-2/h13,15,19-20,39,43H,3-12,14,16-18,21-38H2,1-2H3,(H,42,44)(H,46,47)/b15-13-,20-19-. The molecule has 0 spiro atoms. The van der Waals surface area contributed by atoms with E-state index in [9.17, 15) is 24.2 Å². The number of hydrogen-bond donors (Lipinski definition) is 3. The molecule has 9 nitrogen and oxygen atoms in total. The van der Waals surface area contributed by atoms with Crippen molar-refractivity contribution in [1.29, 1.82) is 0 Å². The van der Waals surface area contributed by atoms with Gasteiger partial charge in [0.25, 0.3) is 0 Å². The predicted octanol–water partition coefficient (Wildman–Crippen LogP) is 11.2. The van der Waals surface area contributed by atoms with Crippen LogP contribution in [0.15, 0.2) is 24.3 Å². The second kappa shape index (κ2) is 38.2. The third kappa shape index (κ3) is 39.5. The molecule has 51 heavy (non-hydrogen) atoms. The monoisotopic (exact) mass is 744 g/mol. The van der Waals surface area contributed by atoms with Crippen molar-refractivity contribution in [3.63, 3.8) is 0 Å². The van der Waals surface area contributed by atoms with E-state index in [4.69, 9.17) is 13.8 Å². The number of rotatable bonds is 39. The minimum Gasteiger partial charge on any atom is -0.463 e. The van der Waals surface area contributed by atoms with Crippen molar-refractivity contribution in [1.82, 2.24) is 5.32 Å². The molecule has 0 rings (SSSR count). The number of allylic oxidation sites excluding steroid dienone is 4. The van der Waals surface area contributed by atoms with E-state index >= 15 is 0 Å². The van der Waals surface area contributed by atoms with Crippen molar-refractivity contribution < 1.29 is 37.9 Å². The zero-order valence-electron chi connectivity index (χ0n) is 32.8. The summed E-state index contributed by atoms with van der Waals surface area (Å²) < 4.78 is 26.8. The molecular formula is C41H78NO8P. The molecule has 0 radical (unpaired) electrons. The van der Waals surface area contributed by atoms with E-state index in [2.05, 4.69) is 43.5 Å². The van der Waals surface area contributed by atoms with E-state index in [0.717, 1.165) is 64.2 Å². The molecule has 2 atom stereocenters. The van der Waals surface area contributed by atoms with E-state index in [-0.39, 0.29) is 32.1 Å². The van der Waals surface area contributed by atoms with Gasteiger partial charge >= 0.3 is 13.8 Å². The Hall–Kier alpha value is -1.51. The molecule has 10 heteroatoms. The second-order valence-corrected chi connectivity index (χ2v) is 15.4. The Morgan fingerprint density at radius 1 is 0.608 bits per heavy atom. The van der Waals surface area contributed by atoms with Gasteiger partial charge in [0.15, 0.2) is 0 Å². The van der Waals surface area contributed by atoms with Gasteiger partial charge in [-0.2, -0.15) is 0 Å². The van der Waals surface area contributed by atoms with E-state index in [1.54, 1.807) is 0 Å². The first-order chi connectivity index (χ1) is 24.8. The van der Waals surface area contributed by atoms with Crippen LogP contribution in [0, 0.1) is 0 Å². The van der Waals surface area contributed by atoms with Crippen LogP contribution >= 0.6 is 7.82 Å². The minimum absolute atomic E-state index is 0.0831. The van der Waals surface area contributed by atoms with Gasteiger partial charge in [0.1, 0.15) is 12.7 Å². The van der Waals surface area contributed by atoms with Crippen molar-refractivity contribution in [2.45, 2.75) is 200 Å². The number of aliphatic hydroxyl groups is 1. The maximum Gasteiger partial charge on any atom is 0.472 e. The van der Waals surface area contributed by atoms with Crippen LogP contribution in [0.25, 0.3) is 0 Å². The number of unbranched alkanes of at least 4 members (excludes halogenated alkanes) is 22. The van der Waals surface area contributed by atoms with Crippen LogP contribution in [-0.4, -0.2) is 54.3 Å². The van der Waals surface area contributed by atoms with Gasteiger partial charge in [0.05, 0.1) is 13.2 Å². The molecule has 0 aliphatic rings. The average molecular weight is 744 g/mol. The number of carbonyl (C=O) groups excluding carboxylic acids is 2. The SMILES string of the molecule is CCCCCC/C=C\C/C=C\CCCCCCCC(=O)OCC(O)COP(=O)(O)OCCNC(=O)CCCCCCCCCCCCCCCC. The molecule has 300 valence electrons. The number of aliphatic hydroxyl groups excluding tert-OH is 1. The molecule has 0 saturated carbocycles. The highest BCUT2D eigenvalue weighted by molar-refractivity contribution is 7.47. The third-order valence-corrected chi connectivity index (χ3v) is 9.87. The lowest BCUT2D eigenvalue weighted by atomic mass is 10.0. The summed E-state index contributed by atoms with van der Waals surface area (Å²) in [6.07, 6.45) is 39.6. The summed E-state index contributed by atoms with van der Waals surface area (Å²) in [7, 11) is -4.41. The van der Waals surface area contributed by atoms with Crippen LogP contribution in [0.5, 0.6) is 0 Å². The Morgan fingerprint density at radius 2 is 1.06 bits per heavy atom. The predicted molar refractivity (Wildman–Crippen MR) is 211 cm³/mol. The van der Waals surface area contributed by atoms with Gasteiger partial charge in [-0.3, -0.25) is 18.6 Å². The van der Waals surface area contributed by atoms with Crippen molar-refractivity contribution in [3.8, 4) is 0 Å². The van der Waals surface area contributed by atoms with E-state index in [0.29, 0.717) is 6.42 Å². The molecule has 0 aromatic rings. The fourth-order valence-corrected chi connectivity index (χ4v) is 6.46. The third-order valence-electron chi connectivity index (χ3n) is 8.88. The van der Waals surface area contributed by atoms with E-state index in [1.807, 2.05) is 0 Å². The molecule has 1 amide bonds. The van der Waals surface area contributed by atoms with Crippen LogP contribution in [0.4, 0.5) is 0 Å². The number of carbonyl (C=O) groups is 2. The summed E-state index contributed by atoms with van der Waals surface area (Å²) in [6.45, 7) is 3.53. The molecule has 3 N–H and O–H groups in total. The van der Waals surface area contributed by atoms with Crippen molar-refractivity contribution >= 4 is 19.7 Å². The van der Waals surface area contributed by atoms with Crippen LogP contribution in [0.2, 0.25) is 0 Å². The number of hydrogen-bond acceptors (Lipinski definition) is 7. The number of nitrogens with one attached hydrogen (secondary N) is 1. The number of amides is 1. The van der Waals surface area contributed by atoms with Crippen molar-refractivity contribution in [3.05, 3.63) is 24.3 Å². The number of esters is 1. The highest BCUT2D eigenvalue weighted by Crippen LogP contribution is 2.42. The van der Waals surface area contributed by atoms with Gasteiger partial charge in [-0.1, -0.05) is 160 Å². The molecule has 2 unspecified atom stereocenters. The molecule has 0 fully saturated rings. The normalized spacial score (nSPS) is 13.6. The molecule has 0 saturated heterocycles. The van der Waals surface area contributed by atoms with Crippen molar-refractivity contribution in [2.24, 2.45) is 0 Å². The Balaban J connectivity index is 3.62. The maximum absolute atomic E-state index is 12.1. The van der Waals surface area contributed by atoms with Crippen LogP contribution in [-0.2, 0) is 27.9 Å². The van der Waals surface area contributed by atoms with Crippen LogP contribution in [0.1, 0.15) is 194 Å². The first kappa shape index (κ1) is 49.5. The van der Waals surface area contributed by atoms with Gasteiger partial charge < -0.3 is 20.1 Å². The summed E-state index contributed by atoms with van der Waals surface area (Å²) in [5, 5.41) is 12.7. The summed E-state index contributed by atoms with van der Waals surface area (Å²) in [4.78, 5) is 33.8. The summed E-state index contributed by atoms with van der Waals surface area (Å²) in [5.41, 5.74) is 0. The zero-order chi connectivity index (χ0) is 37.5. The highest BCUT2D eigenvalue weighted by atomic mass is 31.2. The Labute approximate surface area is 312 Å². The lowest BCUT2D eigenvalue weighted by molar-refractivity contribution is -0.147. The van der Waals surface area contributed by atoms with E-state index in [1.165, 1.54) is 103 Å². The van der Waals surface area contributed by atoms with Gasteiger partial charge in [-0.05, 0) is 44.9 Å². The highest BCUT2D eigenvalue weighted by Gasteiger charge is 2.23. The summed E-state index contributed by atoms with van der Waals surface area (Å²) >= 11 is 0. The molecular weight excluding hydrogens is 665 g/mol. The summed E-state index contributed by atoms with van der Waals surface area (Å²) in [6, 6.07) is 0. The van der Waals surface area contributed by atoms with Gasteiger partial charge in [0, 0.05) is 19.4 Å². The topological polar surface area (TPSA) is 131 Å². The van der Waals surface area contributed by atoms with Crippen molar-refractivity contribution in [2.75, 3.05) is 26.4 Å². The quantitative estimate of drug-likeness (QED) is 0.0245. The molecule has 0 aromatic carbocycles. The van der Waals surface area contributed by atoms with Crippen LogP contribution < -0.4 is 5.32 Å². The summed E-state index contributed by atoms with van der Waals surface area (Å²) in [5.74, 6) is -0.526. The largest absolute Gasteiger partial charge is 0.472 e. The molecule has 0 aliphatic heterocycles. The molecule has 0 bridgehead atoms. The fraction of sp³-hybridized carbons (Fsp3) is 0.854. The maximum atomic E-state index is 12.1. The molecule has 0 heterocycles. The molecule has 0 aliphatic carbocycles. The smallest absolute Gasteiger partial charge is 0.463 e. The zero-order valence-corrected chi connectivity index (χ0v) is 33.7. The van der Waals surface area contributed by atoms with Gasteiger partial charge in [-0.25, -0.2) is 4.57 Å². The fourth-order valence-electron chi connectivity index (χ4n) is 5.70.